The van der Waals surface area contributed by atoms with Crippen LogP contribution in [0.4, 0.5) is 5.82 Å². The number of thiophene rings is 1. The van der Waals surface area contributed by atoms with E-state index >= 15 is 0 Å². The minimum atomic E-state index is 0.0349. The van der Waals surface area contributed by atoms with Crippen LogP contribution in [0.15, 0.2) is 103 Å². The normalized spacial score (nSPS) is 17.0. The van der Waals surface area contributed by atoms with Crippen LogP contribution in [0.1, 0.15) is 54.9 Å². The van der Waals surface area contributed by atoms with Crippen molar-refractivity contribution >= 4 is 28.1 Å². The highest BCUT2D eigenvalue weighted by atomic mass is 32.1. The standard InChI is InChI=1S/C19H22N4O2S.2C7H8O.C2H6/c1-12-7-14(8-23-24-9-13-5-3-2-4-6-13)25-17(12)18-16-15(10-26-18)19(20)22-11-21-16;2*8-6-7-4-2-1-3-5-7;1-2/h2-6,10-12,14,17,23H,7-9H2,1H3,(H2,20,21,22);2*1-5,8H,6H2;1-2H3/t12?,14-,17+;;;/m0.../s1. The number of ether oxygens (including phenoxy) is 1. The predicted octanol–water partition coefficient (Wildman–Crippen LogP) is 6.85. The maximum atomic E-state index is 8.54. The van der Waals surface area contributed by atoms with E-state index in [9.17, 15) is 0 Å². The number of nitrogens with zero attached hydrogens (tertiary/aromatic N) is 2. The van der Waals surface area contributed by atoms with E-state index in [1.165, 1.54) is 6.33 Å². The van der Waals surface area contributed by atoms with Crippen molar-refractivity contribution in [1.82, 2.24) is 15.4 Å². The number of aliphatic hydroxyl groups is 2. The topological polar surface area (TPSA) is 123 Å². The number of rotatable bonds is 8. The number of nitrogens with two attached hydrogens (primary N) is 1. The van der Waals surface area contributed by atoms with Crippen molar-refractivity contribution in [3.63, 3.8) is 0 Å². The molecule has 1 aliphatic rings. The summed E-state index contributed by atoms with van der Waals surface area (Å²) in [6, 6.07) is 29.1. The average Bonchev–Trinajstić information content (AvgIpc) is 3.69. The lowest BCUT2D eigenvalue weighted by Gasteiger charge is -2.15. The van der Waals surface area contributed by atoms with Crippen molar-refractivity contribution in [2.24, 2.45) is 5.92 Å². The first-order valence-electron chi connectivity index (χ1n) is 14.9. The molecule has 3 aromatic carbocycles. The van der Waals surface area contributed by atoms with Gasteiger partial charge in [-0.05, 0) is 29.0 Å². The van der Waals surface area contributed by atoms with Crippen molar-refractivity contribution in [3.05, 3.63) is 124 Å². The second kappa shape index (κ2) is 19.6. The van der Waals surface area contributed by atoms with E-state index < -0.39 is 0 Å². The van der Waals surface area contributed by atoms with E-state index in [2.05, 4.69) is 22.4 Å². The van der Waals surface area contributed by atoms with Crippen LogP contribution < -0.4 is 11.2 Å². The summed E-state index contributed by atoms with van der Waals surface area (Å²) in [6.45, 7) is 7.69. The first-order chi connectivity index (χ1) is 21.6. The number of aromatic nitrogens is 2. The Bertz CT molecular complexity index is 1420. The molecular weight excluding hydrogens is 572 g/mol. The Kier molecular flexibility index (Phi) is 15.5. The highest BCUT2D eigenvalue weighted by molar-refractivity contribution is 7.11. The van der Waals surface area contributed by atoms with E-state index in [4.69, 9.17) is 25.5 Å². The molecule has 0 bridgehead atoms. The zero-order chi connectivity index (χ0) is 31.6. The monoisotopic (exact) mass is 616 g/mol. The quantitative estimate of drug-likeness (QED) is 0.110. The first-order valence-corrected chi connectivity index (χ1v) is 15.8. The van der Waals surface area contributed by atoms with Crippen LogP contribution in [0.25, 0.3) is 10.9 Å². The van der Waals surface area contributed by atoms with Crippen LogP contribution in [-0.2, 0) is 29.4 Å². The molecule has 6 rings (SSSR count). The molecule has 1 fully saturated rings. The molecule has 0 amide bonds. The van der Waals surface area contributed by atoms with Crippen LogP contribution >= 0.6 is 11.3 Å². The summed E-state index contributed by atoms with van der Waals surface area (Å²) in [5.41, 5.74) is 13.0. The highest BCUT2D eigenvalue weighted by Crippen LogP contribution is 2.43. The van der Waals surface area contributed by atoms with E-state index in [0.717, 1.165) is 38.9 Å². The Morgan fingerprint density at radius 2 is 1.41 bits per heavy atom. The van der Waals surface area contributed by atoms with Crippen LogP contribution in [0.3, 0.4) is 0 Å². The van der Waals surface area contributed by atoms with E-state index in [0.29, 0.717) is 24.9 Å². The molecule has 1 saturated heterocycles. The molecule has 0 spiro atoms. The highest BCUT2D eigenvalue weighted by Gasteiger charge is 2.35. The molecule has 0 saturated carbocycles. The second-order valence-corrected chi connectivity index (χ2v) is 10.8. The Morgan fingerprint density at radius 3 is 1.93 bits per heavy atom. The van der Waals surface area contributed by atoms with E-state index in [1.807, 2.05) is 110 Å². The Balaban J connectivity index is 0.000000239. The lowest BCUT2D eigenvalue weighted by Crippen LogP contribution is -2.26. The number of nitrogen functional groups attached to an aromatic ring is 1. The number of hydroxylamine groups is 1. The number of anilines is 1. The number of hydrogen-bond donors (Lipinski definition) is 4. The minimum absolute atomic E-state index is 0.0349. The largest absolute Gasteiger partial charge is 0.392 e. The molecule has 3 heterocycles. The van der Waals surface area contributed by atoms with Crippen LogP contribution in [0, 0.1) is 5.92 Å². The lowest BCUT2D eigenvalue weighted by molar-refractivity contribution is -0.0209. The number of hydrogen-bond acceptors (Lipinski definition) is 9. The third-order valence-electron chi connectivity index (χ3n) is 6.75. The number of aliphatic hydroxyl groups excluding tert-OH is 2. The number of benzene rings is 3. The average molecular weight is 617 g/mol. The van der Waals surface area contributed by atoms with Gasteiger partial charge in [-0.3, -0.25) is 4.84 Å². The minimum Gasteiger partial charge on any atom is -0.392 e. The van der Waals surface area contributed by atoms with Crippen molar-refractivity contribution < 1.29 is 19.8 Å². The fourth-order valence-electron chi connectivity index (χ4n) is 4.52. The molecule has 234 valence electrons. The maximum Gasteiger partial charge on any atom is 0.135 e. The molecule has 9 heteroatoms. The van der Waals surface area contributed by atoms with Gasteiger partial charge in [-0.15, -0.1) is 11.3 Å². The molecule has 1 unspecified atom stereocenters. The third-order valence-corrected chi connectivity index (χ3v) is 7.78. The predicted molar refractivity (Wildman–Crippen MR) is 179 cm³/mol. The van der Waals surface area contributed by atoms with Gasteiger partial charge in [-0.25, -0.2) is 9.97 Å². The molecule has 3 atom stereocenters. The van der Waals surface area contributed by atoms with Gasteiger partial charge in [-0.1, -0.05) is 112 Å². The fourth-order valence-corrected chi connectivity index (χ4v) is 5.69. The summed E-state index contributed by atoms with van der Waals surface area (Å²) >= 11 is 1.65. The van der Waals surface area contributed by atoms with Gasteiger partial charge in [0.2, 0.25) is 0 Å². The third kappa shape index (κ3) is 10.8. The van der Waals surface area contributed by atoms with Gasteiger partial charge >= 0.3 is 0 Å². The molecular formula is C35H44N4O4S. The molecule has 44 heavy (non-hydrogen) atoms. The molecule has 8 nitrogen and oxygen atoms in total. The van der Waals surface area contributed by atoms with Gasteiger partial charge in [0.15, 0.2) is 0 Å². The Hall–Kier alpha value is -3.70. The van der Waals surface area contributed by atoms with Crippen LogP contribution in [0.2, 0.25) is 0 Å². The first kappa shape index (κ1) is 34.8. The molecule has 0 radical (unpaired) electrons. The summed E-state index contributed by atoms with van der Waals surface area (Å²) in [4.78, 5) is 15.2. The van der Waals surface area contributed by atoms with Gasteiger partial charge < -0.3 is 20.7 Å². The number of nitrogens with one attached hydrogen (secondary N) is 1. The van der Waals surface area contributed by atoms with Gasteiger partial charge in [-0.2, -0.15) is 5.48 Å². The summed E-state index contributed by atoms with van der Waals surface area (Å²) in [7, 11) is 0. The van der Waals surface area contributed by atoms with E-state index in [1.54, 1.807) is 11.3 Å². The zero-order valence-corrected chi connectivity index (χ0v) is 26.5. The van der Waals surface area contributed by atoms with E-state index in [-0.39, 0.29) is 25.4 Å². The lowest BCUT2D eigenvalue weighted by atomic mass is 10.00. The summed E-state index contributed by atoms with van der Waals surface area (Å²) in [5.74, 6) is 0.935. The summed E-state index contributed by atoms with van der Waals surface area (Å²) < 4.78 is 6.29. The van der Waals surface area contributed by atoms with Gasteiger partial charge in [0, 0.05) is 11.9 Å². The summed E-state index contributed by atoms with van der Waals surface area (Å²) in [6.07, 6.45) is 2.64. The summed E-state index contributed by atoms with van der Waals surface area (Å²) in [5, 5.41) is 20.0. The zero-order valence-electron chi connectivity index (χ0n) is 25.7. The van der Waals surface area contributed by atoms with Crippen molar-refractivity contribution in [3.8, 4) is 0 Å². The molecule has 5 aromatic rings. The second-order valence-electron chi connectivity index (χ2n) is 9.92. The fraction of sp³-hybridized carbons (Fsp3) is 0.314. The Morgan fingerprint density at radius 1 is 0.864 bits per heavy atom. The van der Waals surface area contributed by atoms with Crippen LogP contribution in [-0.4, -0.2) is 32.8 Å². The smallest absolute Gasteiger partial charge is 0.135 e. The maximum absolute atomic E-state index is 8.54. The van der Waals surface area contributed by atoms with Crippen molar-refractivity contribution in [2.75, 3.05) is 12.3 Å². The molecule has 1 aliphatic heterocycles. The van der Waals surface area contributed by atoms with Crippen molar-refractivity contribution in [1.29, 1.82) is 0 Å². The Labute approximate surface area is 264 Å². The van der Waals surface area contributed by atoms with Gasteiger partial charge in [0.25, 0.3) is 0 Å². The SMILES string of the molecule is CC.CC1C[C@@H](CNOCc2ccccc2)O[C@H]1c1scc2c(N)ncnc12.OCc1ccccc1.OCc1ccccc1. The molecule has 0 aliphatic carbocycles. The molecule has 5 N–H and O–H groups in total. The number of fused-ring (bicyclic) bond motifs is 1. The van der Waals surface area contributed by atoms with Crippen LogP contribution in [0.5, 0.6) is 0 Å². The van der Waals surface area contributed by atoms with Gasteiger partial charge in [0.05, 0.1) is 47.8 Å². The van der Waals surface area contributed by atoms with Gasteiger partial charge in [0.1, 0.15) is 12.1 Å². The van der Waals surface area contributed by atoms with Crippen molar-refractivity contribution in [2.45, 2.75) is 59.2 Å². The molecule has 2 aromatic heterocycles.